The molecule has 128 valence electrons. The molecule has 0 aromatic heterocycles. The van der Waals surface area contributed by atoms with Crippen molar-refractivity contribution in [2.45, 2.75) is 51.5 Å². The SMILES string of the molecule is CC(N)C1CCCN(C(=O)CN2C(=O)C3CCCCC3C2=O)C1. The summed E-state index contributed by atoms with van der Waals surface area (Å²) in [7, 11) is 0. The van der Waals surface area contributed by atoms with Gasteiger partial charge in [-0.1, -0.05) is 12.8 Å². The third kappa shape index (κ3) is 3.13. The van der Waals surface area contributed by atoms with Crippen LogP contribution in [0.4, 0.5) is 0 Å². The van der Waals surface area contributed by atoms with Gasteiger partial charge in [0.2, 0.25) is 17.7 Å². The van der Waals surface area contributed by atoms with E-state index in [0.717, 1.165) is 38.5 Å². The molecule has 2 N–H and O–H groups in total. The van der Waals surface area contributed by atoms with Crippen LogP contribution in [0, 0.1) is 17.8 Å². The summed E-state index contributed by atoms with van der Waals surface area (Å²) in [4.78, 5) is 40.5. The number of nitrogens with two attached hydrogens (primary N) is 1. The Morgan fingerprint density at radius 2 is 1.74 bits per heavy atom. The van der Waals surface area contributed by atoms with Gasteiger partial charge >= 0.3 is 0 Å². The van der Waals surface area contributed by atoms with Crippen molar-refractivity contribution in [3.8, 4) is 0 Å². The molecule has 2 aliphatic heterocycles. The Morgan fingerprint density at radius 3 is 2.30 bits per heavy atom. The Hall–Kier alpha value is -1.43. The summed E-state index contributed by atoms with van der Waals surface area (Å²) >= 11 is 0. The molecule has 4 unspecified atom stereocenters. The molecule has 6 heteroatoms. The van der Waals surface area contributed by atoms with Crippen LogP contribution in [-0.4, -0.2) is 53.2 Å². The highest BCUT2D eigenvalue weighted by molar-refractivity contribution is 6.07. The highest BCUT2D eigenvalue weighted by Crippen LogP contribution is 2.38. The lowest BCUT2D eigenvalue weighted by atomic mass is 9.81. The number of nitrogens with zero attached hydrogens (tertiary/aromatic N) is 2. The van der Waals surface area contributed by atoms with Gasteiger partial charge in [-0.25, -0.2) is 0 Å². The van der Waals surface area contributed by atoms with Crippen LogP contribution in [0.2, 0.25) is 0 Å². The van der Waals surface area contributed by atoms with Crippen molar-refractivity contribution in [3.63, 3.8) is 0 Å². The minimum absolute atomic E-state index is 0.0588. The lowest BCUT2D eigenvalue weighted by Gasteiger charge is -2.35. The highest BCUT2D eigenvalue weighted by Gasteiger charge is 2.48. The van der Waals surface area contributed by atoms with E-state index in [1.807, 2.05) is 6.92 Å². The predicted octanol–water partition coefficient (Wildman–Crippen LogP) is 0.747. The average molecular weight is 321 g/mol. The number of imide groups is 1. The molecular weight excluding hydrogens is 294 g/mol. The van der Waals surface area contributed by atoms with Crippen LogP contribution in [0.25, 0.3) is 0 Å². The van der Waals surface area contributed by atoms with Gasteiger partial charge in [0.05, 0.1) is 11.8 Å². The summed E-state index contributed by atoms with van der Waals surface area (Å²) < 4.78 is 0. The zero-order valence-electron chi connectivity index (χ0n) is 13.9. The van der Waals surface area contributed by atoms with Crippen molar-refractivity contribution >= 4 is 17.7 Å². The van der Waals surface area contributed by atoms with Crippen molar-refractivity contribution in [1.29, 1.82) is 0 Å². The molecule has 0 bridgehead atoms. The summed E-state index contributed by atoms with van der Waals surface area (Å²) in [5, 5.41) is 0. The Bertz CT molecular complexity index is 481. The van der Waals surface area contributed by atoms with Crippen molar-refractivity contribution < 1.29 is 14.4 Å². The van der Waals surface area contributed by atoms with Crippen molar-refractivity contribution in [2.75, 3.05) is 19.6 Å². The van der Waals surface area contributed by atoms with Crippen LogP contribution in [-0.2, 0) is 14.4 Å². The first-order valence-electron chi connectivity index (χ1n) is 8.87. The summed E-state index contributed by atoms with van der Waals surface area (Å²) in [6, 6.07) is 0.0588. The summed E-state index contributed by atoms with van der Waals surface area (Å²) in [5.74, 6) is -0.428. The van der Waals surface area contributed by atoms with Crippen LogP contribution in [0.3, 0.4) is 0 Å². The van der Waals surface area contributed by atoms with Gasteiger partial charge in [0, 0.05) is 19.1 Å². The van der Waals surface area contributed by atoms with E-state index in [9.17, 15) is 14.4 Å². The summed E-state index contributed by atoms with van der Waals surface area (Å²) in [5.41, 5.74) is 5.96. The van der Waals surface area contributed by atoms with Crippen molar-refractivity contribution in [3.05, 3.63) is 0 Å². The molecule has 6 nitrogen and oxygen atoms in total. The molecule has 4 atom stereocenters. The number of amides is 3. The molecule has 3 aliphatic rings. The number of fused-ring (bicyclic) bond motifs is 1. The van der Waals surface area contributed by atoms with Crippen LogP contribution >= 0.6 is 0 Å². The second-order valence-electron chi connectivity index (χ2n) is 7.36. The quantitative estimate of drug-likeness (QED) is 0.777. The van der Waals surface area contributed by atoms with Crippen LogP contribution in [0.1, 0.15) is 45.4 Å². The van der Waals surface area contributed by atoms with E-state index in [1.54, 1.807) is 4.90 Å². The van der Waals surface area contributed by atoms with E-state index in [4.69, 9.17) is 5.73 Å². The van der Waals surface area contributed by atoms with Crippen molar-refractivity contribution in [1.82, 2.24) is 9.80 Å². The van der Waals surface area contributed by atoms with E-state index < -0.39 is 0 Å². The van der Waals surface area contributed by atoms with Gasteiger partial charge in [-0.2, -0.15) is 0 Å². The van der Waals surface area contributed by atoms with Gasteiger partial charge in [0.25, 0.3) is 0 Å². The van der Waals surface area contributed by atoms with E-state index in [0.29, 0.717) is 19.0 Å². The fourth-order valence-electron chi connectivity index (χ4n) is 4.29. The minimum atomic E-state index is -0.179. The average Bonchev–Trinajstić information content (AvgIpc) is 2.80. The summed E-state index contributed by atoms with van der Waals surface area (Å²) in [6.45, 7) is 3.22. The maximum atomic E-state index is 12.6. The molecule has 23 heavy (non-hydrogen) atoms. The third-order valence-electron chi connectivity index (χ3n) is 5.78. The predicted molar refractivity (Wildman–Crippen MR) is 85.1 cm³/mol. The number of hydrogen-bond acceptors (Lipinski definition) is 4. The minimum Gasteiger partial charge on any atom is -0.341 e. The molecule has 0 spiro atoms. The number of piperidine rings is 1. The van der Waals surface area contributed by atoms with Gasteiger partial charge < -0.3 is 10.6 Å². The van der Waals surface area contributed by atoms with Crippen LogP contribution in [0.5, 0.6) is 0 Å². The molecule has 1 aliphatic carbocycles. The Balaban J connectivity index is 1.63. The van der Waals surface area contributed by atoms with Gasteiger partial charge in [0.1, 0.15) is 6.54 Å². The molecule has 0 radical (unpaired) electrons. The highest BCUT2D eigenvalue weighted by atomic mass is 16.2. The second kappa shape index (κ2) is 6.59. The zero-order valence-corrected chi connectivity index (χ0v) is 13.9. The third-order valence-corrected chi connectivity index (χ3v) is 5.78. The van der Waals surface area contributed by atoms with Crippen LogP contribution < -0.4 is 5.73 Å². The van der Waals surface area contributed by atoms with E-state index >= 15 is 0 Å². The number of rotatable bonds is 3. The number of carbonyl (C=O) groups excluding carboxylic acids is 3. The first-order valence-corrected chi connectivity index (χ1v) is 8.87. The Morgan fingerprint density at radius 1 is 1.13 bits per heavy atom. The molecule has 0 aromatic carbocycles. The zero-order chi connectivity index (χ0) is 16.6. The van der Waals surface area contributed by atoms with E-state index in [-0.39, 0.29) is 42.1 Å². The van der Waals surface area contributed by atoms with Crippen molar-refractivity contribution in [2.24, 2.45) is 23.5 Å². The standard InChI is InChI=1S/C17H27N3O3/c1-11(18)12-5-4-8-19(9-12)15(21)10-20-16(22)13-6-2-3-7-14(13)17(20)23/h11-14H,2-10,18H2,1H3. The maximum Gasteiger partial charge on any atom is 0.242 e. The van der Waals surface area contributed by atoms with Gasteiger partial charge in [-0.15, -0.1) is 0 Å². The van der Waals surface area contributed by atoms with Crippen LogP contribution in [0.15, 0.2) is 0 Å². The second-order valence-corrected chi connectivity index (χ2v) is 7.36. The van der Waals surface area contributed by atoms with Gasteiger partial charge in [0.15, 0.2) is 0 Å². The number of carbonyl (C=O) groups is 3. The molecule has 3 rings (SSSR count). The maximum absolute atomic E-state index is 12.6. The van der Waals surface area contributed by atoms with Gasteiger partial charge in [-0.3, -0.25) is 19.3 Å². The van der Waals surface area contributed by atoms with E-state index in [1.165, 1.54) is 4.90 Å². The lowest BCUT2D eigenvalue weighted by molar-refractivity contribution is -0.147. The monoisotopic (exact) mass is 321 g/mol. The first kappa shape index (κ1) is 16.4. The largest absolute Gasteiger partial charge is 0.341 e. The Labute approximate surface area is 137 Å². The van der Waals surface area contributed by atoms with Gasteiger partial charge in [-0.05, 0) is 38.5 Å². The topological polar surface area (TPSA) is 83.7 Å². The number of hydrogen-bond donors (Lipinski definition) is 1. The lowest BCUT2D eigenvalue weighted by Crippen LogP contribution is -2.49. The molecule has 1 saturated carbocycles. The summed E-state index contributed by atoms with van der Waals surface area (Å²) in [6.07, 6.45) is 5.55. The fraction of sp³-hybridized carbons (Fsp3) is 0.824. The molecule has 2 saturated heterocycles. The molecule has 3 amide bonds. The molecular formula is C17H27N3O3. The smallest absolute Gasteiger partial charge is 0.242 e. The first-order chi connectivity index (χ1) is 11.0. The van der Waals surface area contributed by atoms with E-state index in [2.05, 4.69) is 0 Å². The fourth-order valence-corrected chi connectivity index (χ4v) is 4.29. The number of likely N-dealkylation sites (tertiary alicyclic amines) is 2. The molecule has 3 fully saturated rings. The molecule has 0 aromatic rings. The molecule has 2 heterocycles. The normalized spacial score (nSPS) is 32.9. The Kier molecular flexibility index (Phi) is 4.71.